The van der Waals surface area contributed by atoms with Crippen molar-refractivity contribution >= 4 is 16.2 Å². The van der Waals surface area contributed by atoms with Gasteiger partial charge < -0.3 is 18.6 Å². The Hall–Kier alpha value is -2.58. The maximum atomic E-state index is 12.3. The van der Waals surface area contributed by atoms with Crippen LogP contribution in [-0.4, -0.2) is 45.7 Å². The Labute approximate surface area is 158 Å². The first kappa shape index (κ1) is 19.2. The first-order valence-corrected chi connectivity index (χ1v) is 10.0. The van der Waals surface area contributed by atoms with E-state index in [-0.39, 0.29) is 22.8 Å². The standard InChI is InChI=1S/C19H21NO6S/c1-2-24-19(21)20-12-13-25-18(14-20)15-8-10-16(11-9-15)26-27(22,23)17-6-4-3-5-7-17/h3-11,18H,2,12-14H2,1H3/t18-/m1/s1. The van der Waals surface area contributed by atoms with E-state index in [0.29, 0.717) is 26.3 Å². The number of carbonyl (C=O) groups excluding carboxylic acids is 1. The van der Waals surface area contributed by atoms with Crippen LogP contribution in [0.1, 0.15) is 18.6 Å². The molecule has 3 rings (SSSR count). The molecule has 1 amide bonds. The predicted octanol–water partition coefficient (Wildman–Crippen LogP) is 2.98. The minimum Gasteiger partial charge on any atom is -0.450 e. The third kappa shape index (κ3) is 4.78. The van der Waals surface area contributed by atoms with Crippen LogP contribution in [0.4, 0.5) is 4.79 Å². The molecule has 0 unspecified atom stereocenters. The van der Waals surface area contributed by atoms with Crippen molar-refractivity contribution in [1.29, 1.82) is 0 Å². The van der Waals surface area contributed by atoms with Gasteiger partial charge in [0.1, 0.15) is 16.7 Å². The number of hydrogen-bond acceptors (Lipinski definition) is 6. The first-order chi connectivity index (χ1) is 13.0. The Bertz CT molecular complexity index is 867. The molecular formula is C19H21NO6S. The predicted molar refractivity (Wildman–Crippen MR) is 98.0 cm³/mol. The molecule has 0 N–H and O–H groups in total. The van der Waals surface area contributed by atoms with Gasteiger partial charge >= 0.3 is 16.2 Å². The van der Waals surface area contributed by atoms with Crippen molar-refractivity contribution in [2.75, 3.05) is 26.3 Å². The van der Waals surface area contributed by atoms with Crippen LogP contribution in [0, 0.1) is 0 Å². The Morgan fingerprint density at radius 1 is 1.15 bits per heavy atom. The minimum absolute atomic E-state index is 0.0924. The molecule has 1 fully saturated rings. The highest BCUT2D eigenvalue weighted by atomic mass is 32.2. The molecule has 1 aliphatic heterocycles. The van der Waals surface area contributed by atoms with Crippen LogP contribution < -0.4 is 4.18 Å². The summed E-state index contributed by atoms with van der Waals surface area (Å²) in [5, 5.41) is 0. The van der Waals surface area contributed by atoms with Crippen LogP contribution in [0.15, 0.2) is 59.5 Å². The molecule has 0 aliphatic carbocycles. The second-order valence-corrected chi connectivity index (χ2v) is 7.47. The van der Waals surface area contributed by atoms with Gasteiger partial charge in [0.05, 0.1) is 19.8 Å². The topological polar surface area (TPSA) is 82.1 Å². The lowest BCUT2D eigenvalue weighted by molar-refractivity contribution is -0.0279. The average Bonchev–Trinajstić information content (AvgIpc) is 2.69. The largest absolute Gasteiger partial charge is 0.450 e. The summed E-state index contributed by atoms with van der Waals surface area (Å²) in [6, 6.07) is 14.6. The summed E-state index contributed by atoms with van der Waals surface area (Å²) in [6.07, 6.45) is -0.664. The molecule has 1 saturated heterocycles. The summed E-state index contributed by atoms with van der Waals surface area (Å²) >= 11 is 0. The fourth-order valence-electron chi connectivity index (χ4n) is 2.73. The molecule has 7 nitrogen and oxygen atoms in total. The Balaban J connectivity index is 1.67. The van der Waals surface area contributed by atoms with E-state index in [0.717, 1.165) is 5.56 Å². The number of amides is 1. The summed E-state index contributed by atoms with van der Waals surface area (Å²) in [6.45, 7) is 3.35. The molecule has 2 aromatic carbocycles. The SMILES string of the molecule is CCOC(=O)N1CCO[C@@H](c2ccc(OS(=O)(=O)c3ccccc3)cc2)C1. The second-order valence-electron chi connectivity index (χ2n) is 5.92. The lowest BCUT2D eigenvalue weighted by Gasteiger charge is -2.32. The van der Waals surface area contributed by atoms with Crippen LogP contribution in [0.2, 0.25) is 0 Å². The van der Waals surface area contributed by atoms with E-state index < -0.39 is 10.1 Å². The molecule has 27 heavy (non-hydrogen) atoms. The molecule has 144 valence electrons. The van der Waals surface area contributed by atoms with Crippen molar-refractivity contribution in [2.24, 2.45) is 0 Å². The molecule has 0 spiro atoms. The molecule has 8 heteroatoms. The maximum absolute atomic E-state index is 12.3. The Morgan fingerprint density at radius 2 is 1.85 bits per heavy atom. The maximum Gasteiger partial charge on any atom is 0.409 e. The number of morpholine rings is 1. The first-order valence-electron chi connectivity index (χ1n) is 8.62. The molecule has 1 heterocycles. The minimum atomic E-state index is -3.88. The number of benzene rings is 2. The number of hydrogen-bond donors (Lipinski definition) is 0. The Kier molecular flexibility index (Phi) is 5.98. The molecule has 0 aromatic heterocycles. The van der Waals surface area contributed by atoms with Gasteiger partial charge in [-0.05, 0) is 36.8 Å². The number of rotatable bonds is 5. The van der Waals surface area contributed by atoms with Crippen molar-refractivity contribution in [2.45, 2.75) is 17.9 Å². The smallest absolute Gasteiger partial charge is 0.409 e. The summed E-state index contributed by atoms with van der Waals surface area (Å²) < 4.78 is 40.4. The molecule has 0 radical (unpaired) electrons. The number of ether oxygens (including phenoxy) is 2. The fraction of sp³-hybridized carbons (Fsp3) is 0.316. The zero-order chi connectivity index (χ0) is 19.3. The van der Waals surface area contributed by atoms with Gasteiger partial charge in [0, 0.05) is 6.54 Å². The number of nitrogens with zero attached hydrogens (tertiary/aromatic N) is 1. The van der Waals surface area contributed by atoms with Gasteiger partial charge in [0.2, 0.25) is 0 Å². The lowest BCUT2D eigenvalue weighted by Crippen LogP contribution is -2.42. The van der Waals surface area contributed by atoms with Gasteiger partial charge in [0.15, 0.2) is 0 Å². The van der Waals surface area contributed by atoms with Gasteiger partial charge in [-0.1, -0.05) is 30.3 Å². The lowest BCUT2D eigenvalue weighted by atomic mass is 10.1. The molecule has 0 bridgehead atoms. The second kappa shape index (κ2) is 8.41. The fourth-order valence-corrected chi connectivity index (χ4v) is 3.68. The van der Waals surface area contributed by atoms with Crippen LogP contribution >= 0.6 is 0 Å². The average molecular weight is 391 g/mol. The highest BCUT2D eigenvalue weighted by Crippen LogP contribution is 2.26. The van der Waals surface area contributed by atoms with E-state index in [1.165, 1.54) is 12.1 Å². The highest BCUT2D eigenvalue weighted by Gasteiger charge is 2.26. The highest BCUT2D eigenvalue weighted by molar-refractivity contribution is 7.87. The normalized spacial score (nSPS) is 17.4. The zero-order valence-corrected chi connectivity index (χ0v) is 15.7. The van der Waals surface area contributed by atoms with Crippen LogP contribution in [-0.2, 0) is 19.6 Å². The van der Waals surface area contributed by atoms with Crippen molar-refractivity contribution < 1.29 is 26.9 Å². The molecule has 0 saturated carbocycles. The van der Waals surface area contributed by atoms with Crippen molar-refractivity contribution in [3.8, 4) is 5.75 Å². The van der Waals surface area contributed by atoms with Gasteiger partial charge in [-0.3, -0.25) is 0 Å². The van der Waals surface area contributed by atoms with E-state index in [4.69, 9.17) is 13.7 Å². The summed E-state index contributed by atoms with van der Waals surface area (Å²) in [5.74, 6) is 0.209. The van der Waals surface area contributed by atoms with E-state index in [2.05, 4.69) is 0 Å². The quantitative estimate of drug-likeness (QED) is 0.729. The Morgan fingerprint density at radius 3 is 2.52 bits per heavy atom. The van der Waals surface area contributed by atoms with Crippen molar-refractivity contribution in [3.05, 3.63) is 60.2 Å². The van der Waals surface area contributed by atoms with Gasteiger partial charge in [-0.25, -0.2) is 4.79 Å². The van der Waals surface area contributed by atoms with Gasteiger partial charge in [0.25, 0.3) is 0 Å². The van der Waals surface area contributed by atoms with E-state index in [1.807, 2.05) is 0 Å². The van der Waals surface area contributed by atoms with Crippen molar-refractivity contribution in [1.82, 2.24) is 4.90 Å². The van der Waals surface area contributed by atoms with E-state index in [1.54, 1.807) is 54.3 Å². The molecule has 1 atom stereocenters. The monoisotopic (exact) mass is 391 g/mol. The molecular weight excluding hydrogens is 370 g/mol. The summed E-state index contributed by atoms with van der Waals surface area (Å²) in [5.41, 5.74) is 0.827. The van der Waals surface area contributed by atoms with Gasteiger partial charge in [-0.2, -0.15) is 8.42 Å². The third-order valence-electron chi connectivity index (χ3n) is 4.08. The molecule has 1 aliphatic rings. The number of carbonyl (C=O) groups is 1. The van der Waals surface area contributed by atoms with Crippen LogP contribution in [0.25, 0.3) is 0 Å². The summed E-state index contributed by atoms with van der Waals surface area (Å²) in [4.78, 5) is 13.6. The van der Waals surface area contributed by atoms with E-state index >= 15 is 0 Å². The zero-order valence-electron chi connectivity index (χ0n) is 14.9. The summed E-state index contributed by atoms with van der Waals surface area (Å²) in [7, 11) is -3.88. The van der Waals surface area contributed by atoms with Gasteiger partial charge in [-0.15, -0.1) is 0 Å². The third-order valence-corrected chi connectivity index (χ3v) is 5.34. The molecule has 2 aromatic rings. The van der Waals surface area contributed by atoms with Crippen molar-refractivity contribution in [3.63, 3.8) is 0 Å². The van der Waals surface area contributed by atoms with Crippen LogP contribution in [0.5, 0.6) is 5.75 Å². The van der Waals surface area contributed by atoms with E-state index in [9.17, 15) is 13.2 Å². The van der Waals surface area contributed by atoms with Crippen LogP contribution in [0.3, 0.4) is 0 Å².